The van der Waals surface area contributed by atoms with Crippen LogP contribution in [0.4, 0.5) is 5.95 Å². The molecule has 0 radical (unpaired) electrons. The Morgan fingerprint density at radius 2 is 2.36 bits per heavy atom. The van der Waals surface area contributed by atoms with Gasteiger partial charge in [-0.3, -0.25) is 0 Å². The topological polar surface area (TPSA) is 41.1 Å². The molecule has 0 spiro atoms. The van der Waals surface area contributed by atoms with Gasteiger partial charge in [0.05, 0.1) is 0 Å². The Balaban J connectivity index is 2.19. The van der Waals surface area contributed by atoms with Crippen LogP contribution in [0.25, 0.3) is 5.57 Å². The molecule has 0 aromatic carbocycles. The summed E-state index contributed by atoms with van der Waals surface area (Å²) < 4.78 is 4.28. The van der Waals surface area contributed by atoms with Gasteiger partial charge in [0.1, 0.15) is 5.01 Å². The molecule has 1 aliphatic heterocycles. The maximum atomic E-state index is 4.46. The molecule has 4 nitrogen and oxygen atoms in total. The summed E-state index contributed by atoms with van der Waals surface area (Å²) in [5.74, 6) is 0.802. The number of nitrogens with one attached hydrogen (secondary N) is 1. The maximum absolute atomic E-state index is 4.46. The van der Waals surface area contributed by atoms with Gasteiger partial charge in [0.15, 0.2) is 0 Å². The summed E-state index contributed by atoms with van der Waals surface area (Å²) in [4.78, 5) is 6.39. The summed E-state index contributed by atoms with van der Waals surface area (Å²) in [6.07, 6.45) is 3.34. The van der Waals surface area contributed by atoms with E-state index in [2.05, 4.69) is 20.8 Å². The zero-order valence-electron chi connectivity index (χ0n) is 8.45. The van der Waals surface area contributed by atoms with Crippen LogP contribution >= 0.6 is 11.5 Å². The lowest BCUT2D eigenvalue weighted by molar-refractivity contribution is 0.738. The minimum absolute atomic E-state index is 0.802. The molecule has 76 valence electrons. The maximum Gasteiger partial charge on any atom is 0.237 e. The van der Waals surface area contributed by atoms with Gasteiger partial charge in [-0.2, -0.15) is 9.36 Å². The van der Waals surface area contributed by atoms with Crippen molar-refractivity contribution in [1.82, 2.24) is 14.7 Å². The fourth-order valence-electron chi connectivity index (χ4n) is 1.33. The first-order chi connectivity index (χ1) is 6.77. The number of hydrogen-bond donors (Lipinski definition) is 1. The van der Waals surface area contributed by atoms with Crippen LogP contribution in [-0.4, -0.2) is 36.5 Å². The molecule has 1 aromatic heterocycles. The van der Waals surface area contributed by atoms with E-state index in [1.54, 1.807) is 0 Å². The Bertz CT molecular complexity index is 342. The first-order valence-corrected chi connectivity index (χ1v) is 5.46. The van der Waals surface area contributed by atoms with Crippen molar-refractivity contribution < 1.29 is 0 Å². The van der Waals surface area contributed by atoms with Crippen molar-refractivity contribution in [3.63, 3.8) is 0 Å². The second kappa shape index (κ2) is 4.06. The summed E-state index contributed by atoms with van der Waals surface area (Å²) in [6, 6.07) is 0. The molecule has 2 rings (SSSR count). The molecule has 1 N–H and O–H groups in total. The first-order valence-electron chi connectivity index (χ1n) is 4.68. The van der Waals surface area contributed by atoms with Gasteiger partial charge in [-0.25, -0.2) is 0 Å². The number of aromatic nitrogens is 2. The highest BCUT2D eigenvalue weighted by molar-refractivity contribution is 7.06. The molecule has 0 bridgehead atoms. The van der Waals surface area contributed by atoms with Crippen LogP contribution < -0.4 is 10.2 Å². The number of anilines is 1. The third-order valence-corrected chi connectivity index (χ3v) is 2.90. The van der Waals surface area contributed by atoms with E-state index in [9.17, 15) is 0 Å². The van der Waals surface area contributed by atoms with E-state index in [4.69, 9.17) is 0 Å². The zero-order chi connectivity index (χ0) is 9.97. The van der Waals surface area contributed by atoms with E-state index >= 15 is 0 Å². The van der Waals surface area contributed by atoms with Crippen LogP contribution in [0.5, 0.6) is 0 Å². The van der Waals surface area contributed by atoms with Gasteiger partial charge in [0, 0.05) is 20.6 Å². The normalized spacial score (nSPS) is 16.6. The molecule has 0 atom stereocenters. The van der Waals surface area contributed by atoms with Crippen LogP contribution in [-0.2, 0) is 0 Å². The summed E-state index contributed by atoms with van der Waals surface area (Å²) in [6.45, 7) is 1.99. The standard InChI is InChI=1S/C9H14N4S/c1-13(2)9-11-8(14-12-9)7-4-3-5-10-6-7/h4,10H,3,5-6H2,1-2H3. The molecule has 0 amide bonds. The lowest BCUT2D eigenvalue weighted by Crippen LogP contribution is -2.21. The molecule has 5 heteroatoms. The fraction of sp³-hybridized carbons (Fsp3) is 0.556. The second-order valence-electron chi connectivity index (χ2n) is 3.49. The SMILES string of the molecule is CN(C)c1nsc(C2=CCCNC2)n1. The number of nitrogens with zero attached hydrogens (tertiary/aromatic N) is 3. The Hall–Kier alpha value is -0.940. The van der Waals surface area contributed by atoms with E-state index in [1.165, 1.54) is 17.1 Å². The molecule has 0 aliphatic carbocycles. The van der Waals surface area contributed by atoms with E-state index in [0.29, 0.717) is 0 Å². The van der Waals surface area contributed by atoms with Crippen molar-refractivity contribution >= 4 is 23.1 Å². The predicted molar refractivity (Wildman–Crippen MR) is 59.7 cm³/mol. The zero-order valence-corrected chi connectivity index (χ0v) is 9.27. The van der Waals surface area contributed by atoms with E-state index in [1.807, 2.05) is 19.0 Å². The predicted octanol–water partition coefficient (Wildman–Crippen LogP) is 0.981. The van der Waals surface area contributed by atoms with E-state index in [0.717, 1.165) is 30.5 Å². The fourth-order valence-corrected chi connectivity index (χ4v) is 2.10. The van der Waals surface area contributed by atoms with Crippen molar-refractivity contribution in [2.24, 2.45) is 0 Å². The Labute approximate surface area is 87.8 Å². The average molecular weight is 210 g/mol. The van der Waals surface area contributed by atoms with Gasteiger partial charge in [-0.1, -0.05) is 6.08 Å². The van der Waals surface area contributed by atoms with Gasteiger partial charge in [-0.15, -0.1) is 0 Å². The van der Waals surface area contributed by atoms with Crippen LogP contribution in [0.15, 0.2) is 6.08 Å². The molecule has 0 saturated carbocycles. The molecule has 0 fully saturated rings. The van der Waals surface area contributed by atoms with Crippen molar-refractivity contribution in [2.45, 2.75) is 6.42 Å². The summed E-state index contributed by atoms with van der Waals surface area (Å²) >= 11 is 1.47. The van der Waals surface area contributed by atoms with E-state index < -0.39 is 0 Å². The van der Waals surface area contributed by atoms with Crippen molar-refractivity contribution in [1.29, 1.82) is 0 Å². The smallest absolute Gasteiger partial charge is 0.237 e. The monoisotopic (exact) mass is 210 g/mol. The quantitative estimate of drug-likeness (QED) is 0.790. The number of rotatable bonds is 2. The molecule has 0 unspecified atom stereocenters. The van der Waals surface area contributed by atoms with Gasteiger partial charge in [-0.05, 0) is 30.1 Å². The third-order valence-electron chi connectivity index (χ3n) is 2.12. The Morgan fingerprint density at radius 3 is 2.93 bits per heavy atom. The summed E-state index contributed by atoms with van der Waals surface area (Å²) in [7, 11) is 3.92. The van der Waals surface area contributed by atoms with Crippen molar-refractivity contribution in [3.05, 3.63) is 11.1 Å². The second-order valence-corrected chi connectivity index (χ2v) is 4.24. The molecular formula is C9H14N4S. The number of hydrogen-bond acceptors (Lipinski definition) is 5. The van der Waals surface area contributed by atoms with Crippen LogP contribution in [0, 0.1) is 0 Å². The van der Waals surface area contributed by atoms with Crippen LogP contribution in [0.1, 0.15) is 11.4 Å². The summed E-state index contributed by atoms with van der Waals surface area (Å²) in [5.41, 5.74) is 1.28. The van der Waals surface area contributed by atoms with Gasteiger partial charge in [0.25, 0.3) is 0 Å². The minimum Gasteiger partial charge on any atom is -0.346 e. The molecule has 1 aromatic rings. The highest BCUT2D eigenvalue weighted by Crippen LogP contribution is 2.21. The molecule has 14 heavy (non-hydrogen) atoms. The third kappa shape index (κ3) is 1.93. The van der Waals surface area contributed by atoms with Crippen molar-refractivity contribution in [3.8, 4) is 0 Å². The lowest BCUT2D eigenvalue weighted by atomic mass is 10.2. The lowest BCUT2D eigenvalue weighted by Gasteiger charge is -2.11. The molecule has 2 heterocycles. The van der Waals surface area contributed by atoms with Crippen LogP contribution in [0.2, 0.25) is 0 Å². The largest absolute Gasteiger partial charge is 0.346 e. The van der Waals surface area contributed by atoms with Crippen molar-refractivity contribution in [2.75, 3.05) is 32.1 Å². The molecule has 1 aliphatic rings. The Morgan fingerprint density at radius 1 is 1.50 bits per heavy atom. The summed E-state index contributed by atoms with van der Waals surface area (Å²) in [5, 5.41) is 4.37. The van der Waals surface area contributed by atoms with Gasteiger partial charge in [0.2, 0.25) is 5.95 Å². The van der Waals surface area contributed by atoms with Gasteiger partial charge < -0.3 is 10.2 Å². The van der Waals surface area contributed by atoms with Crippen LogP contribution in [0.3, 0.4) is 0 Å². The first kappa shape index (κ1) is 9.61. The molecule has 0 saturated heterocycles. The highest BCUT2D eigenvalue weighted by atomic mass is 32.1. The van der Waals surface area contributed by atoms with E-state index in [-0.39, 0.29) is 0 Å². The minimum atomic E-state index is 0.802. The highest BCUT2D eigenvalue weighted by Gasteiger charge is 2.11. The Kier molecular flexibility index (Phi) is 2.79. The average Bonchev–Trinajstić information content (AvgIpc) is 2.68. The van der Waals surface area contributed by atoms with Gasteiger partial charge >= 0.3 is 0 Å². The molecular weight excluding hydrogens is 196 g/mol.